The second kappa shape index (κ2) is 8.80. The van der Waals surface area contributed by atoms with E-state index >= 15 is 0 Å². The molecule has 0 aliphatic heterocycles. The quantitative estimate of drug-likeness (QED) is 0.724. The van der Waals surface area contributed by atoms with Crippen molar-refractivity contribution >= 4 is 5.91 Å². The Bertz CT molecular complexity index is 429. The number of hydroxylamine groups is 1. The van der Waals surface area contributed by atoms with Crippen LogP contribution in [0.4, 0.5) is 0 Å². The van der Waals surface area contributed by atoms with Crippen LogP contribution in [-0.4, -0.2) is 18.6 Å². The van der Waals surface area contributed by atoms with Crippen molar-refractivity contribution in [3.8, 4) is 0 Å². The van der Waals surface area contributed by atoms with Crippen molar-refractivity contribution in [2.24, 2.45) is 5.92 Å². The molecule has 0 aliphatic carbocycles. The molecule has 0 aliphatic rings. The van der Waals surface area contributed by atoms with Crippen molar-refractivity contribution in [2.75, 3.05) is 6.54 Å². The lowest BCUT2D eigenvalue weighted by atomic mass is 10.0. The molecule has 4 heteroatoms. The van der Waals surface area contributed by atoms with Gasteiger partial charge < -0.3 is 5.32 Å². The molecular formula is C17H28N2O2. The lowest BCUT2D eigenvalue weighted by molar-refractivity contribution is -0.122. The Morgan fingerprint density at radius 2 is 1.76 bits per heavy atom. The van der Waals surface area contributed by atoms with Crippen molar-refractivity contribution in [3.05, 3.63) is 35.4 Å². The van der Waals surface area contributed by atoms with Crippen molar-refractivity contribution in [2.45, 2.75) is 53.2 Å². The minimum absolute atomic E-state index is 0.0326. The van der Waals surface area contributed by atoms with Crippen molar-refractivity contribution in [1.29, 1.82) is 0 Å². The van der Waals surface area contributed by atoms with Crippen molar-refractivity contribution in [3.63, 3.8) is 0 Å². The molecule has 1 amide bonds. The van der Waals surface area contributed by atoms with Gasteiger partial charge in [0, 0.05) is 13.0 Å². The van der Waals surface area contributed by atoms with E-state index in [9.17, 15) is 4.79 Å². The second-order valence-corrected chi connectivity index (χ2v) is 6.02. The molecule has 0 heterocycles. The zero-order valence-electron chi connectivity index (χ0n) is 13.8. The monoisotopic (exact) mass is 292 g/mol. The van der Waals surface area contributed by atoms with E-state index in [1.54, 1.807) is 0 Å². The summed E-state index contributed by atoms with van der Waals surface area (Å²) in [7, 11) is 0. The molecule has 0 spiro atoms. The number of nitrogens with one attached hydrogen (secondary N) is 2. The minimum Gasteiger partial charge on any atom is -0.350 e. The number of amides is 1. The zero-order chi connectivity index (χ0) is 15.8. The minimum atomic E-state index is 0.0326. The number of aryl methyl sites for hydroxylation is 1. The maximum Gasteiger partial charge on any atom is 0.220 e. The predicted molar refractivity (Wildman–Crippen MR) is 85.7 cm³/mol. The SMILES string of the molecule is Cc1ccc(C(C)NC(=O)CC(C)CNOC(C)C)cc1. The van der Waals surface area contributed by atoms with Crippen molar-refractivity contribution < 1.29 is 9.63 Å². The van der Waals surface area contributed by atoms with Crippen molar-refractivity contribution in [1.82, 2.24) is 10.8 Å². The molecule has 0 radical (unpaired) electrons. The van der Waals surface area contributed by atoms with E-state index in [-0.39, 0.29) is 24.0 Å². The summed E-state index contributed by atoms with van der Waals surface area (Å²) in [6.07, 6.45) is 0.637. The molecule has 118 valence electrons. The number of carbonyl (C=O) groups is 1. The van der Waals surface area contributed by atoms with Crippen LogP contribution in [0.5, 0.6) is 0 Å². The number of rotatable bonds is 8. The lowest BCUT2D eigenvalue weighted by Crippen LogP contribution is -2.31. The third-order valence-electron chi connectivity index (χ3n) is 3.24. The van der Waals surface area contributed by atoms with Crippen LogP contribution in [0, 0.1) is 12.8 Å². The molecule has 1 aromatic carbocycles. The second-order valence-electron chi connectivity index (χ2n) is 6.02. The maximum absolute atomic E-state index is 12.0. The Kier molecular flexibility index (Phi) is 7.40. The maximum atomic E-state index is 12.0. The molecule has 0 saturated carbocycles. The topological polar surface area (TPSA) is 50.4 Å². The molecule has 0 saturated heterocycles. The standard InChI is InChI=1S/C17H28N2O2/c1-12(2)21-18-11-14(4)10-17(20)19-15(5)16-8-6-13(3)7-9-16/h6-9,12,14-15,18H,10-11H2,1-5H3,(H,19,20). The molecule has 2 atom stereocenters. The van der Waals surface area contributed by atoms with E-state index in [4.69, 9.17) is 4.84 Å². The summed E-state index contributed by atoms with van der Waals surface area (Å²) >= 11 is 0. The summed E-state index contributed by atoms with van der Waals surface area (Å²) in [6.45, 7) is 10.7. The fourth-order valence-electron chi connectivity index (χ4n) is 1.98. The number of hydrogen-bond donors (Lipinski definition) is 2. The van der Waals surface area contributed by atoms with Crippen LogP contribution in [-0.2, 0) is 9.63 Å². The highest BCUT2D eigenvalue weighted by Gasteiger charge is 2.13. The molecule has 21 heavy (non-hydrogen) atoms. The Balaban J connectivity index is 2.33. The van der Waals surface area contributed by atoms with Gasteiger partial charge in [-0.15, -0.1) is 0 Å². The molecular weight excluding hydrogens is 264 g/mol. The van der Waals surface area contributed by atoms with Crippen LogP contribution in [0.15, 0.2) is 24.3 Å². The van der Waals surface area contributed by atoms with Gasteiger partial charge in [-0.3, -0.25) is 9.63 Å². The van der Waals surface area contributed by atoms with Crippen LogP contribution in [0.1, 0.15) is 51.3 Å². The molecule has 4 nitrogen and oxygen atoms in total. The zero-order valence-corrected chi connectivity index (χ0v) is 13.8. The molecule has 2 N–H and O–H groups in total. The first-order valence-corrected chi connectivity index (χ1v) is 7.63. The predicted octanol–water partition coefficient (Wildman–Crippen LogP) is 3.13. The lowest BCUT2D eigenvalue weighted by Gasteiger charge is -2.17. The van der Waals surface area contributed by atoms with Gasteiger partial charge in [0.2, 0.25) is 5.91 Å². The summed E-state index contributed by atoms with van der Waals surface area (Å²) in [4.78, 5) is 17.3. The highest BCUT2D eigenvalue weighted by atomic mass is 16.7. The fraction of sp³-hybridized carbons (Fsp3) is 0.588. The van der Waals surface area contributed by atoms with Gasteiger partial charge in [0.05, 0.1) is 12.1 Å². The highest BCUT2D eigenvalue weighted by molar-refractivity contribution is 5.76. The first-order chi connectivity index (χ1) is 9.88. The van der Waals surface area contributed by atoms with Gasteiger partial charge in [0.25, 0.3) is 0 Å². The van der Waals surface area contributed by atoms with Crippen LogP contribution < -0.4 is 10.8 Å². The smallest absolute Gasteiger partial charge is 0.220 e. The number of benzene rings is 1. The average Bonchev–Trinajstić information content (AvgIpc) is 2.38. The van der Waals surface area contributed by atoms with E-state index < -0.39 is 0 Å². The van der Waals surface area contributed by atoms with Gasteiger partial charge in [-0.25, -0.2) is 5.48 Å². The number of carbonyl (C=O) groups excluding carboxylic acids is 1. The van der Waals surface area contributed by atoms with Gasteiger partial charge in [-0.1, -0.05) is 36.8 Å². The van der Waals surface area contributed by atoms with E-state index in [0.717, 1.165) is 5.56 Å². The Labute approximate surface area is 128 Å². The average molecular weight is 292 g/mol. The Hall–Kier alpha value is -1.39. The molecule has 2 unspecified atom stereocenters. The highest BCUT2D eigenvalue weighted by Crippen LogP contribution is 2.13. The molecule has 0 bridgehead atoms. The van der Waals surface area contributed by atoms with Gasteiger partial charge in [-0.05, 0) is 39.2 Å². The van der Waals surface area contributed by atoms with Crippen LogP contribution >= 0.6 is 0 Å². The Morgan fingerprint density at radius 1 is 1.14 bits per heavy atom. The summed E-state index contributed by atoms with van der Waals surface area (Å²) in [6, 6.07) is 8.27. The third kappa shape index (κ3) is 7.25. The van der Waals surface area contributed by atoms with E-state index in [1.165, 1.54) is 5.56 Å². The summed E-state index contributed by atoms with van der Waals surface area (Å²) < 4.78 is 0. The fourth-order valence-corrected chi connectivity index (χ4v) is 1.98. The van der Waals surface area contributed by atoms with E-state index in [0.29, 0.717) is 13.0 Å². The number of hydrogen-bond acceptors (Lipinski definition) is 3. The van der Waals surface area contributed by atoms with Gasteiger partial charge in [-0.2, -0.15) is 0 Å². The third-order valence-corrected chi connectivity index (χ3v) is 3.24. The molecule has 1 aromatic rings. The first kappa shape index (κ1) is 17.7. The van der Waals surface area contributed by atoms with Crippen LogP contribution in [0.3, 0.4) is 0 Å². The van der Waals surface area contributed by atoms with E-state index in [2.05, 4.69) is 42.0 Å². The summed E-state index contributed by atoms with van der Waals surface area (Å²) in [5.74, 6) is 0.302. The normalized spacial score (nSPS) is 14.0. The summed E-state index contributed by atoms with van der Waals surface area (Å²) in [5.41, 5.74) is 5.25. The van der Waals surface area contributed by atoms with Gasteiger partial charge in [0.15, 0.2) is 0 Å². The molecule has 0 fully saturated rings. The molecule has 0 aromatic heterocycles. The largest absolute Gasteiger partial charge is 0.350 e. The Morgan fingerprint density at radius 3 is 2.33 bits per heavy atom. The van der Waals surface area contributed by atoms with Crippen LogP contribution in [0.25, 0.3) is 0 Å². The molecule has 1 rings (SSSR count). The summed E-state index contributed by atoms with van der Waals surface area (Å²) in [5, 5.41) is 3.04. The van der Waals surface area contributed by atoms with E-state index in [1.807, 2.05) is 27.7 Å². The van der Waals surface area contributed by atoms with Gasteiger partial charge >= 0.3 is 0 Å². The van der Waals surface area contributed by atoms with Gasteiger partial charge in [0.1, 0.15) is 0 Å². The van der Waals surface area contributed by atoms with Crippen LogP contribution in [0.2, 0.25) is 0 Å². The first-order valence-electron chi connectivity index (χ1n) is 7.63.